The van der Waals surface area contributed by atoms with Gasteiger partial charge in [0, 0.05) is 5.56 Å². The van der Waals surface area contributed by atoms with Gasteiger partial charge in [0.15, 0.2) is 11.5 Å². The van der Waals surface area contributed by atoms with Crippen molar-refractivity contribution >= 4 is 11.8 Å². The van der Waals surface area contributed by atoms with E-state index in [9.17, 15) is 9.59 Å². The summed E-state index contributed by atoms with van der Waals surface area (Å²) in [5.41, 5.74) is 0.518. The number of ether oxygens (including phenoxy) is 2. The molecular weight excluding hydrogens is 308 g/mol. The van der Waals surface area contributed by atoms with Crippen LogP contribution in [0.25, 0.3) is 0 Å². The van der Waals surface area contributed by atoms with Gasteiger partial charge in [-0.1, -0.05) is 30.3 Å². The summed E-state index contributed by atoms with van der Waals surface area (Å²) in [6.07, 6.45) is 0. The van der Waals surface area contributed by atoms with Gasteiger partial charge >= 0.3 is 0 Å². The van der Waals surface area contributed by atoms with Gasteiger partial charge in [-0.25, -0.2) is 0 Å². The molecular formula is C18H20N2O4. The maximum absolute atomic E-state index is 11.8. The van der Waals surface area contributed by atoms with Crippen LogP contribution in [-0.2, 0) is 4.79 Å². The minimum atomic E-state index is -0.281. The van der Waals surface area contributed by atoms with Crippen molar-refractivity contribution in [2.75, 3.05) is 26.8 Å². The Morgan fingerprint density at radius 1 is 0.917 bits per heavy atom. The Bertz CT molecular complexity index is 674. The van der Waals surface area contributed by atoms with E-state index in [1.54, 1.807) is 43.5 Å². The fraction of sp³-hybridized carbons (Fsp3) is 0.222. The molecule has 0 saturated carbocycles. The number of rotatable bonds is 8. The average Bonchev–Trinajstić information content (AvgIpc) is 2.64. The zero-order chi connectivity index (χ0) is 17.2. The third-order valence-corrected chi connectivity index (χ3v) is 3.20. The van der Waals surface area contributed by atoms with Crippen LogP contribution in [0.15, 0.2) is 54.6 Å². The molecule has 0 radical (unpaired) electrons. The van der Waals surface area contributed by atoms with Gasteiger partial charge < -0.3 is 20.1 Å². The van der Waals surface area contributed by atoms with Gasteiger partial charge in [-0.05, 0) is 24.3 Å². The van der Waals surface area contributed by atoms with Gasteiger partial charge in [0.25, 0.3) is 5.91 Å². The number of nitrogens with one attached hydrogen (secondary N) is 2. The summed E-state index contributed by atoms with van der Waals surface area (Å²) < 4.78 is 10.7. The van der Waals surface area contributed by atoms with Crippen LogP contribution in [0, 0.1) is 0 Å². The second-order valence-electron chi connectivity index (χ2n) is 4.90. The van der Waals surface area contributed by atoms with E-state index in [1.165, 1.54) is 0 Å². The molecule has 2 amide bonds. The Hall–Kier alpha value is -3.02. The van der Waals surface area contributed by atoms with E-state index in [-0.39, 0.29) is 18.4 Å². The highest BCUT2D eigenvalue weighted by molar-refractivity contribution is 5.96. The van der Waals surface area contributed by atoms with E-state index in [1.807, 2.05) is 18.2 Å². The maximum atomic E-state index is 11.8. The molecule has 6 nitrogen and oxygen atoms in total. The lowest BCUT2D eigenvalue weighted by atomic mass is 10.2. The molecule has 2 N–H and O–H groups in total. The van der Waals surface area contributed by atoms with Crippen molar-refractivity contribution in [1.29, 1.82) is 0 Å². The lowest BCUT2D eigenvalue weighted by molar-refractivity contribution is -0.120. The number of carbonyl (C=O) groups is 2. The number of para-hydroxylation sites is 2. The minimum Gasteiger partial charge on any atom is -0.493 e. The Kier molecular flexibility index (Phi) is 6.64. The first-order valence-electron chi connectivity index (χ1n) is 7.56. The zero-order valence-electron chi connectivity index (χ0n) is 13.5. The van der Waals surface area contributed by atoms with Gasteiger partial charge in [-0.2, -0.15) is 0 Å². The third kappa shape index (κ3) is 5.31. The molecule has 0 unspecified atom stereocenters. The predicted molar refractivity (Wildman–Crippen MR) is 90.3 cm³/mol. The molecule has 0 spiro atoms. The van der Waals surface area contributed by atoms with E-state index in [0.29, 0.717) is 30.2 Å². The molecule has 0 fully saturated rings. The summed E-state index contributed by atoms with van der Waals surface area (Å²) in [6, 6.07) is 16.0. The Labute approximate surface area is 140 Å². The standard InChI is InChI=1S/C18H20N2O4/c1-23-15-9-5-6-10-16(15)24-12-11-19-17(21)13-20-18(22)14-7-3-2-4-8-14/h2-10H,11-13H2,1H3,(H,19,21)(H,20,22). The van der Waals surface area contributed by atoms with Crippen LogP contribution in [-0.4, -0.2) is 38.6 Å². The highest BCUT2D eigenvalue weighted by atomic mass is 16.5. The molecule has 2 rings (SSSR count). The second kappa shape index (κ2) is 9.19. The van der Waals surface area contributed by atoms with Crippen molar-refractivity contribution < 1.29 is 19.1 Å². The first kappa shape index (κ1) is 17.3. The van der Waals surface area contributed by atoms with E-state index in [2.05, 4.69) is 10.6 Å². The van der Waals surface area contributed by atoms with Crippen molar-refractivity contribution in [3.63, 3.8) is 0 Å². The predicted octanol–water partition coefficient (Wildman–Crippen LogP) is 1.62. The SMILES string of the molecule is COc1ccccc1OCCNC(=O)CNC(=O)c1ccccc1. The van der Waals surface area contributed by atoms with Gasteiger partial charge in [-0.15, -0.1) is 0 Å². The molecule has 0 atom stereocenters. The number of amides is 2. The van der Waals surface area contributed by atoms with Gasteiger partial charge in [0.2, 0.25) is 5.91 Å². The van der Waals surface area contributed by atoms with Crippen LogP contribution in [0.3, 0.4) is 0 Å². The topological polar surface area (TPSA) is 76.7 Å². The first-order valence-corrected chi connectivity index (χ1v) is 7.56. The maximum Gasteiger partial charge on any atom is 0.251 e. The van der Waals surface area contributed by atoms with Crippen molar-refractivity contribution in [2.24, 2.45) is 0 Å². The highest BCUT2D eigenvalue weighted by Gasteiger charge is 2.07. The average molecular weight is 328 g/mol. The summed E-state index contributed by atoms with van der Waals surface area (Å²) in [5, 5.41) is 5.24. The van der Waals surface area contributed by atoms with Crippen molar-refractivity contribution in [1.82, 2.24) is 10.6 Å². The van der Waals surface area contributed by atoms with Crippen LogP contribution in [0.4, 0.5) is 0 Å². The molecule has 0 aliphatic carbocycles. The van der Waals surface area contributed by atoms with Crippen molar-refractivity contribution in [3.8, 4) is 11.5 Å². The molecule has 24 heavy (non-hydrogen) atoms. The van der Waals surface area contributed by atoms with E-state index in [4.69, 9.17) is 9.47 Å². The van der Waals surface area contributed by atoms with Crippen molar-refractivity contribution in [2.45, 2.75) is 0 Å². The lowest BCUT2D eigenvalue weighted by Gasteiger charge is -2.11. The quantitative estimate of drug-likeness (QED) is 0.722. The molecule has 0 heterocycles. The number of benzene rings is 2. The largest absolute Gasteiger partial charge is 0.493 e. The number of carbonyl (C=O) groups excluding carboxylic acids is 2. The molecule has 6 heteroatoms. The molecule has 0 aromatic heterocycles. The molecule has 126 valence electrons. The third-order valence-electron chi connectivity index (χ3n) is 3.20. The Morgan fingerprint density at radius 3 is 2.29 bits per heavy atom. The number of hydrogen-bond donors (Lipinski definition) is 2. The number of hydrogen-bond acceptors (Lipinski definition) is 4. The number of methoxy groups -OCH3 is 1. The molecule has 2 aromatic rings. The van der Waals surface area contributed by atoms with Gasteiger partial charge in [0.1, 0.15) is 6.61 Å². The second-order valence-corrected chi connectivity index (χ2v) is 4.90. The normalized spacial score (nSPS) is 9.88. The Morgan fingerprint density at radius 2 is 1.58 bits per heavy atom. The molecule has 0 aliphatic rings. The summed E-state index contributed by atoms with van der Waals surface area (Å²) in [4.78, 5) is 23.5. The molecule has 0 aliphatic heterocycles. The van der Waals surface area contributed by atoms with E-state index < -0.39 is 0 Å². The fourth-order valence-corrected chi connectivity index (χ4v) is 2.00. The minimum absolute atomic E-state index is 0.0810. The van der Waals surface area contributed by atoms with Gasteiger partial charge in [0.05, 0.1) is 20.2 Å². The zero-order valence-corrected chi connectivity index (χ0v) is 13.5. The summed E-state index contributed by atoms with van der Waals surface area (Å²) in [5.74, 6) is 0.699. The molecule has 0 saturated heterocycles. The summed E-state index contributed by atoms with van der Waals surface area (Å²) in [6.45, 7) is 0.555. The van der Waals surface area contributed by atoms with E-state index in [0.717, 1.165) is 0 Å². The molecule has 0 bridgehead atoms. The van der Waals surface area contributed by atoms with Crippen LogP contribution in [0.5, 0.6) is 11.5 Å². The van der Waals surface area contributed by atoms with Crippen LogP contribution >= 0.6 is 0 Å². The first-order chi connectivity index (χ1) is 11.7. The van der Waals surface area contributed by atoms with Crippen LogP contribution in [0.1, 0.15) is 10.4 Å². The summed E-state index contributed by atoms with van der Waals surface area (Å²) >= 11 is 0. The lowest BCUT2D eigenvalue weighted by Crippen LogP contribution is -2.38. The molecule has 2 aromatic carbocycles. The highest BCUT2D eigenvalue weighted by Crippen LogP contribution is 2.25. The van der Waals surface area contributed by atoms with Gasteiger partial charge in [-0.3, -0.25) is 9.59 Å². The Balaban J connectivity index is 1.66. The fourth-order valence-electron chi connectivity index (χ4n) is 2.00. The summed E-state index contributed by atoms with van der Waals surface area (Å²) in [7, 11) is 1.57. The van der Waals surface area contributed by atoms with Crippen LogP contribution in [0.2, 0.25) is 0 Å². The van der Waals surface area contributed by atoms with E-state index >= 15 is 0 Å². The van der Waals surface area contributed by atoms with Crippen LogP contribution < -0.4 is 20.1 Å². The smallest absolute Gasteiger partial charge is 0.251 e. The monoisotopic (exact) mass is 328 g/mol. The van der Waals surface area contributed by atoms with Crippen molar-refractivity contribution in [3.05, 3.63) is 60.2 Å².